The number of nitrogens with zero attached hydrogens (tertiary/aromatic N) is 2. The first-order chi connectivity index (χ1) is 13.7. The maximum atomic E-state index is 12.4. The number of anilines is 1. The van der Waals surface area contributed by atoms with E-state index in [1.165, 1.54) is 0 Å². The van der Waals surface area contributed by atoms with Crippen molar-refractivity contribution in [3.05, 3.63) is 41.2 Å². The van der Waals surface area contributed by atoms with Crippen molar-refractivity contribution in [3.8, 4) is 5.75 Å². The number of rotatable bonds is 7. The molecule has 1 saturated heterocycles. The number of aryl methyl sites for hydroxylation is 1. The van der Waals surface area contributed by atoms with Gasteiger partial charge in [-0.15, -0.1) is 0 Å². The van der Waals surface area contributed by atoms with Crippen molar-refractivity contribution >= 4 is 21.4 Å². The van der Waals surface area contributed by atoms with Crippen LogP contribution < -0.4 is 15.0 Å². The normalized spacial score (nSPS) is 19.1. The minimum absolute atomic E-state index is 0.0830. The summed E-state index contributed by atoms with van der Waals surface area (Å²) in [6.07, 6.45) is 0.607. The van der Waals surface area contributed by atoms with Gasteiger partial charge in [-0.25, -0.2) is 8.42 Å². The van der Waals surface area contributed by atoms with Crippen LogP contribution >= 0.6 is 0 Å². The number of carbonyl (C=O) groups excluding carboxylic acids is 1. The smallest absolute Gasteiger partial charge is 0.279 e. The molecule has 0 saturated carbocycles. The van der Waals surface area contributed by atoms with Crippen molar-refractivity contribution in [1.29, 1.82) is 0 Å². The molecule has 9 heteroatoms. The van der Waals surface area contributed by atoms with Crippen LogP contribution in [0.1, 0.15) is 29.4 Å². The lowest BCUT2D eigenvalue weighted by Gasteiger charge is -2.15. The van der Waals surface area contributed by atoms with Crippen LogP contribution in [0.25, 0.3) is 0 Å². The van der Waals surface area contributed by atoms with Crippen LogP contribution in [0, 0.1) is 13.8 Å². The Balaban J connectivity index is 1.63. The van der Waals surface area contributed by atoms with Crippen molar-refractivity contribution in [2.45, 2.75) is 32.9 Å². The van der Waals surface area contributed by atoms with E-state index >= 15 is 0 Å². The number of sulfone groups is 1. The zero-order chi connectivity index (χ0) is 21.2. The van der Waals surface area contributed by atoms with E-state index in [1.807, 2.05) is 43.8 Å². The van der Waals surface area contributed by atoms with Crippen LogP contribution in [0.3, 0.4) is 0 Å². The zero-order valence-electron chi connectivity index (χ0n) is 17.4. The lowest BCUT2D eigenvalue weighted by atomic mass is 10.1. The number of carbonyl (C=O) groups is 1. The summed E-state index contributed by atoms with van der Waals surface area (Å²) in [5.41, 5.74) is 3.64. The Morgan fingerprint density at radius 3 is 2.79 bits per heavy atom. The topological polar surface area (TPSA) is 94.7 Å². The SMILES string of the molecule is COc1cccc(NC(=O)C[NH+](C)Cc2c(C)nn([C@@H]3CCS(=O)(=O)C3)c2C)c1. The number of ether oxygens (including phenoxy) is 1. The molecule has 158 valence electrons. The van der Waals surface area contributed by atoms with Gasteiger partial charge >= 0.3 is 0 Å². The van der Waals surface area contributed by atoms with Crippen LogP contribution in [0.4, 0.5) is 5.69 Å². The number of methoxy groups -OCH3 is 1. The summed E-state index contributed by atoms with van der Waals surface area (Å²) in [7, 11) is 0.582. The second-order valence-corrected chi connectivity index (χ2v) is 9.97. The molecule has 0 bridgehead atoms. The minimum atomic E-state index is -2.97. The van der Waals surface area contributed by atoms with Gasteiger partial charge in [0, 0.05) is 17.4 Å². The highest BCUT2D eigenvalue weighted by atomic mass is 32.2. The highest BCUT2D eigenvalue weighted by Crippen LogP contribution is 2.26. The van der Waals surface area contributed by atoms with Crippen molar-refractivity contribution in [3.63, 3.8) is 0 Å². The van der Waals surface area contributed by atoms with Crippen LogP contribution in [0.5, 0.6) is 5.75 Å². The second-order valence-electron chi connectivity index (χ2n) is 7.74. The first-order valence-corrected chi connectivity index (χ1v) is 11.5. The Morgan fingerprint density at radius 2 is 2.14 bits per heavy atom. The lowest BCUT2D eigenvalue weighted by molar-refractivity contribution is -0.885. The Bertz CT molecular complexity index is 1000. The molecule has 1 aliphatic rings. The van der Waals surface area contributed by atoms with Crippen LogP contribution in [-0.2, 0) is 21.2 Å². The molecule has 1 aromatic heterocycles. The molecule has 8 nitrogen and oxygen atoms in total. The van der Waals surface area contributed by atoms with Gasteiger partial charge in [0.05, 0.1) is 43.0 Å². The molecule has 0 radical (unpaired) electrons. The number of benzene rings is 1. The van der Waals surface area contributed by atoms with Crippen molar-refractivity contribution in [2.24, 2.45) is 0 Å². The second kappa shape index (κ2) is 8.54. The molecular weight excluding hydrogens is 392 g/mol. The van der Waals surface area contributed by atoms with E-state index in [2.05, 4.69) is 10.4 Å². The Morgan fingerprint density at radius 1 is 1.38 bits per heavy atom. The number of nitrogens with one attached hydrogen (secondary N) is 2. The summed E-state index contributed by atoms with van der Waals surface area (Å²) in [4.78, 5) is 13.4. The largest absolute Gasteiger partial charge is 0.497 e. The molecular formula is C20H29N4O4S+. The van der Waals surface area contributed by atoms with E-state index < -0.39 is 9.84 Å². The highest BCUT2D eigenvalue weighted by Gasteiger charge is 2.31. The fraction of sp³-hybridized carbons (Fsp3) is 0.500. The number of quaternary nitrogens is 1. The third-order valence-electron chi connectivity index (χ3n) is 5.32. The van der Waals surface area contributed by atoms with Gasteiger partial charge in [0.2, 0.25) is 0 Å². The molecule has 29 heavy (non-hydrogen) atoms. The predicted molar refractivity (Wildman–Crippen MR) is 111 cm³/mol. The van der Waals surface area contributed by atoms with Gasteiger partial charge in [0.25, 0.3) is 5.91 Å². The number of likely N-dealkylation sites (N-methyl/N-ethyl adjacent to an activating group) is 1. The Hall–Kier alpha value is -2.39. The maximum Gasteiger partial charge on any atom is 0.279 e. The van der Waals surface area contributed by atoms with Gasteiger partial charge in [-0.1, -0.05) is 6.07 Å². The summed E-state index contributed by atoms with van der Waals surface area (Å²) in [5, 5.41) is 7.50. The van der Waals surface area contributed by atoms with Crippen molar-refractivity contribution < 1.29 is 22.8 Å². The Kier molecular flexibility index (Phi) is 6.28. The summed E-state index contributed by atoms with van der Waals surface area (Å²) >= 11 is 0. The van der Waals surface area contributed by atoms with Crippen molar-refractivity contribution in [1.82, 2.24) is 9.78 Å². The van der Waals surface area contributed by atoms with Gasteiger partial charge in [0.15, 0.2) is 16.4 Å². The molecule has 2 heterocycles. The van der Waals surface area contributed by atoms with Gasteiger partial charge in [-0.2, -0.15) is 5.10 Å². The molecule has 1 unspecified atom stereocenters. The maximum absolute atomic E-state index is 12.4. The minimum Gasteiger partial charge on any atom is -0.497 e. The molecule has 3 rings (SSSR count). The van der Waals surface area contributed by atoms with Gasteiger partial charge in [0.1, 0.15) is 12.3 Å². The van der Waals surface area contributed by atoms with E-state index in [0.29, 0.717) is 30.9 Å². The van der Waals surface area contributed by atoms with Gasteiger partial charge in [-0.3, -0.25) is 9.48 Å². The number of aromatic nitrogens is 2. The van der Waals surface area contributed by atoms with Crippen molar-refractivity contribution in [2.75, 3.05) is 37.5 Å². The standard InChI is InChI=1S/C20H28N4O4S/c1-14-19(15(2)24(22-14)17-8-9-29(26,27)13-17)11-23(3)12-20(25)21-16-6-5-7-18(10-16)28-4/h5-7,10,17H,8-9,11-13H2,1-4H3,(H,21,25)/p+1/t17-/m1/s1. The average Bonchev–Trinajstić information content (AvgIpc) is 3.15. The summed E-state index contributed by atoms with van der Waals surface area (Å²) in [6.45, 7) is 4.86. The molecule has 2 aromatic rings. The average molecular weight is 422 g/mol. The molecule has 1 amide bonds. The molecule has 1 aromatic carbocycles. The van der Waals surface area contributed by atoms with E-state index in [9.17, 15) is 13.2 Å². The fourth-order valence-electron chi connectivity index (χ4n) is 3.82. The highest BCUT2D eigenvalue weighted by molar-refractivity contribution is 7.91. The third kappa shape index (κ3) is 5.16. The molecule has 0 spiro atoms. The number of hydrogen-bond donors (Lipinski definition) is 2. The third-order valence-corrected chi connectivity index (χ3v) is 7.07. The van der Waals surface area contributed by atoms with Crippen LogP contribution in [0.2, 0.25) is 0 Å². The first kappa shape index (κ1) is 21.3. The first-order valence-electron chi connectivity index (χ1n) is 9.68. The molecule has 2 N–H and O–H groups in total. The monoisotopic (exact) mass is 421 g/mol. The lowest BCUT2D eigenvalue weighted by Crippen LogP contribution is -3.08. The molecule has 1 fully saturated rings. The van der Waals surface area contributed by atoms with E-state index in [0.717, 1.165) is 21.9 Å². The zero-order valence-corrected chi connectivity index (χ0v) is 18.2. The van der Waals surface area contributed by atoms with E-state index in [1.54, 1.807) is 13.2 Å². The summed E-state index contributed by atoms with van der Waals surface area (Å²) < 4.78 is 30.7. The quantitative estimate of drug-likeness (QED) is 0.680. The van der Waals surface area contributed by atoms with Crippen LogP contribution in [-0.4, -0.2) is 56.3 Å². The fourth-order valence-corrected chi connectivity index (χ4v) is 5.51. The summed E-state index contributed by atoms with van der Waals surface area (Å²) in [5.74, 6) is 0.984. The van der Waals surface area contributed by atoms with Crippen LogP contribution in [0.15, 0.2) is 24.3 Å². The predicted octanol–water partition coefficient (Wildman–Crippen LogP) is 0.522. The molecule has 2 atom stereocenters. The molecule has 0 aliphatic carbocycles. The van der Waals surface area contributed by atoms with E-state index in [-0.39, 0.29) is 23.5 Å². The number of amides is 1. The van der Waals surface area contributed by atoms with Gasteiger partial charge < -0.3 is 15.0 Å². The molecule has 1 aliphatic heterocycles. The summed E-state index contributed by atoms with van der Waals surface area (Å²) in [6, 6.07) is 7.16. The van der Waals surface area contributed by atoms with E-state index in [4.69, 9.17) is 4.74 Å². The van der Waals surface area contributed by atoms with Gasteiger partial charge in [-0.05, 0) is 32.4 Å². The Labute approximate surface area is 171 Å². The number of hydrogen-bond acceptors (Lipinski definition) is 5.